The molecule has 0 bridgehead atoms. The number of carbonyl (C=O) groups excluding carboxylic acids is 1. The van der Waals surface area contributed by atoms with Gasteiger partial charge in [0.05, 0.1) is 31.1 Å². The Balaban J connectivity index is 2.04. The maximum atomic E-state index is 12.5. The number of amides is 1. The van der Waals surface area contributed by atoms with E-state index in [2.05, 4.69) is 4.74 Å². The van der Waals surface area contributed by atoms with Gasteiger partial charge < -0.3 is 15.4 Å². The fourth-order valence-electron chi connectivity index (χ4n) is 2.43. The van der Waals surface area contributed by atoms with E-state index in [-0.39, 0.29) is 24.5 Å². The number of hydrogen-bond acceptors (Lipinski definition) is 4. The van der Waals surface area contributed by atoms with Crippen LogP contribution in [0.25, 0.3) is 0 Å². The number of carbonyl (C=O) groups is 1. The number of primary amides is 1. The summed E-state index contributed by atoms with van der Waals surface area (Å²) in [5.41, 5.74) is 5.11. The lowest BCUT2D eigenvalue weighted by Crippen LogP contribution is -3.15. The van der Waals surface area contributed by atoms with Gasteiger partial charge in [-0.3, -0.25) is 4.79 Å². The molecule has 0 atom stereocenters. The molecular formula is C13H17F3N3O4S+. The smallest absolute Gasteiger partial charge is 0.406 e. The van der Waals surface area contributed by atoms with Crippen LogP contribution in [-0.2, 0) is 14.8 Å². The van der Waals surface area contributed by atoms with Gasteiger partial charge >= 0.3 is 6.36 Å². The summed E-state index contributed by atoms with van der Waals surface area (Å²) >= 11 is 0. The van der Waals surface area contributed by atoms with Crippen LogP contribution in [0.4, 0.5) is 13.2 Å². The van der Waals surface area contributed by atoms with Gasteiger partial charge in [0.25, 0.3) is 5.91 Å². The number of quaternary nitrogens is 1. The Morgan fingerprint density at radius 1 is 1.21 bits per heavy atom. The first-order valence-electron chi connectivity index (χ1n) is 7.06. The standard InChI is InChI=1S/C13H16F3N3O4S/c14-13(15,16)23-10-1-3-11(4-2-10)24(21,22)19-7-5-18(6-8-19)9-12(17)20/h1-4H,5-9H2,(H2,17,20)/p+1. The molecule has 0 aliphatic carbocycles. The van der Waals surface area contributed by atoms with Gasteiger partial charge in [-0.25, -0.2) is 8.42 Å². The van der Waals surface area contributed by atoms with E-state index in [1.807, 2.05) is 0 Å². The Morgan fingerprint density at radius 3 is 2.21 bits per heavy atom. The number of nitrogens with one attached hydrogen (secondary N) is 1. The first-order chi connectivity index (χ1) is 11.1. The first-order valence-corrected chi connectivity index (χ1v) is 8.50. The summed E-state index contributed by atoms with van der Waals surface area (Å²) in [7, 11) is -3.81. The van der Waals surface area contributed by atoms with E-state index in [0.29, 0.717) is 13.1 Å². The molecule has 0 aromatic heterocycles. The Kier molecular flexibility index (Phi) is 5.35. The molecule has 1 fully saturated rings. The third kappa shape index (κ3) is 4.82. The number of benzene rings is 1. The van der Waals surface area contributed by atoms with Crippen LogP contribution in [0.1, 0.15) is 0 Å². The Labute approximate surface area is 136 Å². The van der Waals surface area contributed by atoms with Crippen molar-refractivity contribution in [2.24, 2.45) is 5.73 Å². The van der Waals surface area contributed by atoms with Crippen molar-refractivity contribution in [1.29, 1.82) is 0 Å². The molecule has 0 saturated carbocycles. The zero-order valence-corrected chi connectivity index (χ0v) is 13.4. The fourth-order valence-corrected chi connectivity index (χ4v) is 3.87. The molecule has 0 radical (unpaired) electrons. The molecule has 1 aliphatic heterocycles. The topological polar surface area (TPSA) is 94.1 Å². The maximum Gasteiger partial charge on any atom is 0.573 e. The lowest BCUT2D eigenvalue weighted by molar-refractivity contribution is -0.895. The molecule has 7 nitrogen and oxygen atoms in total. The predicted molar refractivity (Wildman–Crippen MR) is 76.6 cm³/mol. The van der Waals surface area contributed by atoms with Gasteiger partial charge in [-0.1, -0.05) is 0 Å². The fraction of sp³-hybridized carbons (Fsp3) is 0.462. The first kappa shape index (κ1) is 18.5. The Morgan fingerprint density at radius 2 is 1.75 bits per heavy atom. The van der Waals surface area contributed by atoms with Gasteiger partial charge in [0.2, 0.25) is 10.0 Å². The highest BCUT2D eigenvalue weighted by Gasteiger charge is 2.33. The number of ether oxygens (including phenoxy) is 1. The molecule has 1 aromatic carbocycles. The van der Waals surface area contributed by atoms with Crippen LogP contribution in [0.2, 0.25) is 0 Å². The number of nitrogens with zero attached hydrogens (tertiary/aromatic N) is 1. The summed E-state index contributed by atoms with van der Waals surface area (Å²) in [6.45, 7) is 1.39. The number of rotatable bonds is 5. The van der Waals surface area contributed by atoms with E-state index in [1.165, 1.54) is 4.31 Å². The normalized spacial score (nSPS) is 17.6. The second-order valence-electron chi connectivity index (χ2n) is 5.32. The summed E-state index contributed by atoms with van der Waals surface area (Å²) in [5.74, 6) is -0.946. The predicted octanol–water partition coefficient (Wildman–Crippen LogP) is -1.04. The van der Waals surface area contributed by atoms with Crippen LogP contribution in [0.5, 0.6) is 5.75 Å². The summed E-state index contributed by atoms with van der Waals surface area (Å²) in [5, 5.41) is 0. The van der Waals surface area contributed by atoms with Gasteiger partial charge in [-0.05, 0) is 24.3 Å². The number of halogens is 3. The zero-order chi connectivity index (χ0) is 18.0. The van der Waals surface area contributed by atoms with Crippen molar-refractivity contribution < 1.29 is 36.0 Å². The van der Waals surface area contributed by atoms with E-state index < -0.39 is 28.0 Å². The van der Waals surface area contributed by atoms with Crippen molar-refractivity contribution in [2.45, 2.75) is 11.3 Å². The van der Waals surface area contributed by atoms with Crippen molar-refractivity contribution in [1.82, 2.24) is 4.31 Å². The average molecular weight is 368 g/mol. The summed E-state index contributed by atoms with van der Waals surface area (Å²) in [6, 6.07) is 4.04. The average Bonchev–Trinajstić information content (AvgIpc) is 2.46. The highest BCUT2D eigenvalue weighted by atomic mass is 32.2. The molecule has 1 heterocycles. The van der Waals surface area contributed by atoms with Crippen LogP contribution < -0.4 is 15.4 Å². The SMILES string of the molecule is NC(=O)C[NH+]1CCN(S(=O)(=O)c2ccc(OC(F)(F)F)cc2)CC1. The summed E-state index contributed by atoms with van der Waals surface area (Å²) in [4.78, 5) is 11.7. The minimum atomic E-state index is -4.83. The largest absolute Gasteiger partial charge is 0.573 e. The van der Waals surface area contributed by atoms with Crippen LogP contribution in [0.15, 0.2) is 29.2 Å². The van der Waals surface area contributed by atoms with Crippen molar-refractivity contribution >= 4 is 15.9 Å². The van der Waals surface area contributed by atoms with Gasteiger partial charge in [0.1, 0.15) is 5.75 Å². The van der Waals surface area contributed by atoms with Crippen molar-refractivity contribution in [2.75, 3.05) is 32.7 Å². The number of hydrogen-bond donors (Lipinski definition) is 2. The van der Waals surface area contributed by atoms with E-state index in [4.69, 9.17) is 5.73 Å². The van der Waals surface area contributed by atoms with E-state index >= 15 is 0 Å². The number of alkyl halides is 3. The zero-order valence-electron chi connectivity index (χ0n) is 12.5. The third-order valence-corrected chi connectivity index (χ3v) is 5.46. The third-order valence-electron chi connectivity index (χ3n) is 3.55. The molecule has 2 rings (SSSR count). The molecule has 11 heteroatoms. The molecule has 1 amide bonds. The van der Waals surface area contributed by atoms with Crippen molar-refractivity contribution in [3.8, 4) is 5.75 Å². The van der Waals surface area contributed by atoms with Crippen LogP contribution in [0.3, 0.4) is 0 Å². The number of sulfonamides is 1. The molecule has 24 heavy (non-hydrogen) atoms. The van der Waals surface area contributed by atoms with Gasteiger partial charge in [-0.2, -0.15) is 4.31 Å². The highest BCUT2D eigenvalue weighted by molar-refractivity contribution is 7.89. The lowest BCUT2D eigenvalue weighted by atomic mass is 10.3. The van der Waals surface area contributed by atoms with Gasteiger partial charge in [-0.15, -0.1) is 13.2 Å². The van der Waals surface area contributed by atoms with Gasteiger partial charge in [0.15, 0.2) is 6.54 Å². The number of nitrogens with two attached hydrogens (primary N) is 1. The minimum Gasteiger partial charge on any atom is -0.406 e. The Hall–Kier alpha value is -1.85. The van der Waals surface area contributed by atoms with Crippen molar-refractivity contribution in [3.05, 3.63) is 24.3 Å². The Bertz CT molecular complexity index is 683. The lowest BCUT2D eigenvalue weighted by Gasteiger charge is -2.30. The maximum absolute atomic E-state index is 12.5. The van der Waals surface area contributed by atoms with Crippen LogP contribution in [-0.4, -0.2) is 57.7 Å². The molecule has 1 aliphatic rings. The minimum absolute atomic E-state index is 0.115. The van der Waals surface area contributed by atoms with E-state index in [1.54, 1.807) is 0 Å². The molecule has 1 aromatic rings. The second kappa shape index (κ2) is 6.95. The van der Waals surface area contributed by atoms with E-state index in [9.17, 15) is 26.4 Å². The molecule has 0 unspecified atom stereocenters. The summed E-state index contributed by atoms with van der Waals surface area (Å²) < 4.78 is 66.2. The second-order valence-corrected chi connectivity index (χ2v) is 7.25. The molecular weight excluding hydrogens is 351 g/mol. The molecule has 3 N–H and O–H groups in total. The molecule has 134 valence electrons. The molecule has 1 saturated heterocycles. The van der Waals surface area contributed by atoms with Crippen LogP contribution >= 0.6 is 0 Å². The van der Waals surface area contributed by atoms with Crippen LogP contribution in [0, 0.1) is 0 Å². The quantitative estimate of drug-likeness (QED) is 0.694. The van der Waals surface area contributed by atoms with E-state index in [0.717, 1.165) is 29.2 Å². The summed E-state index contributed by atoms with van der Waals surface area (Å²) in [6.07, 6.45) is -4.83. The van der Waals surface area contributed by atoms with Gasteiger partial charge in [0, 0.05) is 0 Å². The highest BCUT2D eigenvalue weighted by Crippen LogP contribution is 2.25. The monoisotopic (exact) mass is 368 g/mol. The van der Waals surface area contributed by atoms with Crippen molar-refractivity contribution in [3.63, 3.8) is 0 Å². The number of piperazine rings is 1. The molecule has 0 spiro atoms.